The van der Waals surface area contributed by atoms with Gasteiger partial charge in [-0.25, -0.2) is 4.79 Å². The number of aliphatic carboxylic acids is 1. The molecule has 3 aromatic rings. The lowest BCUT2D eigenvalue weighted by molar-refractivity contribution is -0.385. The summed E-state index contributed by atoms with van der Waals surface area (Å²) in [7, 11) is 0. The largest absolute Gasteiger partial charge is 0.481 e. The maximum absolute atomic E-state index is 12.6. The monoisotopic (exact) mass is 466 g/mol. The van der Waals surface area contributed by atoms with Gasteiger partial charge in [0.15, 0.2) is 0 Å². The van der Waals surface area contributed by atoms with Crippen molar-refractivity contribution in [1.29, 1.82) is 0 Å². The third-order valence-electron chi connectivity index (χ3n) is 5.58. The van der Waals surface area contributed by atoms with Gasteiger partial charge in [0.25, 0.3) is 5.69 Å². The van der Waals surface area contributed by atoms with Gasteiger partial charge < -0.3 is 15.2 Å². The summed E-state index contributed by atoms with van der Waals surface area (Å²) in [5.74, 6) is -1.42. The maximum Gasteiger partial charge on any atom is 0.407 e. The number of benzene rings is 3. The second kappa shape index (κ2) is 9.30. The number of amides is 1. The molecule has 2 N–H and O–H groups in total. The van der Waals surface area contributed by atoms with Crippen LogP contribution in [-0.2, 0) is 9.53 Å². The van der Waals surface area contributed by atoms with Crippen LogP contribution in [0.2, 0.25) is 5.02 Å². The topological polar surface area (TPSA) is 119 Å². The standard InChI is InChI=1S/C24H19ClN2O6/c25-14-9-10-22(27(31)32)19(11-14)21(12-23(28)29)26-24(30)33-13-20-17-7-3-1-5-15(17)16-6-2-4-8-18(16)20/h1-11,20-21H,12-13H2,(H,26,30)(H,28,29)/t21-/m1/s1. The zero-order chi connectivity index (χ0) is 23.5. The predicted molar refractivity (Wildman–Crippen MR) is 121 cm³/mol. The second-order valence-electron chi connectivity index (χ2n) is 7.58. The molecule has 0 heterocycles. The quantitative estimate of drug-likeness (QED) is 0.360. The van der Waals surface area contributed by atoms with Gasteiger partial charge in [-0.15, -0.1) is 0 Å². The summed E-state index contributed by atoms with van der Waals surface area (Å²) in [4.78, 5) is 34.8. The first kappa shape index (κ1) is 22.3. The van der Waals surface area contributed by atoms with E-state index < -0.39 is 29.4 Å². The van der Waals surface area contributed by atoms with Crippen molar-refractivity contribution in [3.05, 3.63) is 98.6 Å². The highest BCUT2D eigenvalue weighted by Crippen LogP contribution is 2.44. The molecular weight excluding hydrogens is 448 g/mol. The number of carboxylic acid groups (broad SMARTS) is 1. The van der Waals surface area contributed by atoms with Gasteiger partial charge in [0, 0.05) is 17.0 Å². The third kappa shape index (κ3) is 4.65. The SMILES string of the molecule is O=C(O)C[C@@H](NC(=O)OCC1c2ccccc2-c2ccccc21)c1cc(Cl)ccc1[N+](=O)[O-]. The Bertz CT molecular complexity index is 1200. The number of nitrogens with one attached hydrogen (secondary N) is 1. The lowest BCUT2D eigenvalue weighted by atomic mass is 9.98. The maximum atomic E-state index is 12.6. The number of halogens is 1. The summed E-state index contributed by atoms with van der Waals surface area (Å²) in [5, 5.41) is 23.3. The molecule has 1 aliphatic carbocycles. The van der Waals surface area contributed by atoms with Crippen LogP contribution >= 0.6 is 11.6 Å². The Labute approximate surface area is 193 Å². The lowest BCUT2D eigenvalue weighted by Gasteiger charge is -2.19. The molecule has 1 amide bonds. The highest BCUT2D eigenvalue weighted by atomic mass is 35.5. The number of rotatable bonds is 7. The fraction of sp³-hybridized carbons (Fsp3) is 0.167. The van der Waals surface area contributed by atoms with Gasteiger partial charge in [0.05, 0.1) is 22.9 Å². The van der Waals surface area contributed by atoms with Crippen molar-refractivity contribution in [3.63, 3.8) is 0 Å². The molecule has 1 atom stereocenters. The van der Waals surface area contributed by atoms with E-state index in [0.29, 0.717) is 0 Å². The molecule has 0 spiro atoms. The summed E-state index contributed by atoms with van der Waals surface area (Å²) >= 11 is 5.97. The lowest BCUT2D eigenvalue weighted by Crippen LogP contribution is -2.32. The van der Waals surface area contributed by atoms with E-state index in [9.17, 15) is 24.8 Å². The number of nitro benzene ring substituents is 1. The third-order valence-corrected chi connectivity index (χ3v) is 5.81. The van der Waals surface area contributed by atoms with Crippen LogP contribution in [0.1, 0.15) is 35.1 Å². The molecule has 0 fully saturated rings. The van der Waals surface area contributed by atoms with Crippen LogP contribution < -0.4 is 5.32 Å². The van der Waals surface area contributed by atoms with Crippen LogP contribution in [0, 0.1) is 10.1 Å². The summed E-state index contributed by atoms with van der Waals surface area (Å²) in [6.07, 6.45) is -1.46. The number of ether oxygens (including phenoxy) is 1. The van der Waals surface area contributed by atoms with Gasteiger partial charge in [0.2, 0.25) is 0 Å². The van der Waals surface area contributed by atoms with Crippen molar-refractivity contribution in [1.82, 2.24) is 5.32 Å². The van der Waals surface area contributed by atoms with Gasteiger partial charge in [-0.3, -0.25) is 14.9 Å². The number of carboxylic acids is 1. The van der Waals surface area contributed by atoms with E-state index in [-0.39, 0.29) is 28.8 Å². The Kier molecular flexibility index (Phi) is 6.28. The van der Waals surface area contributed by atoms with E-state index in [1.54, 1.807) is 0 Å². The molecular formula is C24H19ClN2O6. The molecule has 9 heteroatoms. The number of nitrogens with zero attached hydrogens (tertiary/aromatic N) is 1. The van der Waals surface area contributed by atoms with Gasteiger partial charge in [0.1, 0.15) is 6.61 Å². The van der Waals surface area contributed by atoms with Crippen molar-refractivity contribution in [2.45, 2.75) is 18.4 Å². The van der Waals surface area contributed by atoms with Crippen molar-refractivity contribution >= 4 is 29.4 Å². The number of alkyl carbamates (subject to hydrolysis) is 1. The molecule has 1 aliphatic rings. The Morgan fingerprint density at radius 3 is 2.24 bits per heavy atom. The van der Waals surface area contributed by atoms with Crippen LogP contribution in [-0.4, -0.2) is 28.7 Å². The first-order chi connectivity index (χ1) is 15.8. The van der Waals surface area contributed by atoms with Crippen LogP contribution in [0.3, 0.4) is 0 Å². The molecule has 0 saturated carbocycles. The molecule has 0 unspecified atom stereocenters. The van der Waals surface area contributed by atoms with Crippen LogP contribution in [0.4, 0.5) is 10.5 Å². The van der Waals surface area contributed by atoms with Gasteiger partial charge >= 0.3 is 12.1 Å². The highest BCUT2D eigenvalue weighted by molar-refractivity contribution is 6.30. The molecule has 0 aromatic heterocycles. The number of carbonyl (C=O) groups is 2. The van der Waals surface area contributed by atoms with Crippen LogP contribution in [0.25, 0.3) is 11.1 Å². The van der Waals surface area contributed by atoms with Crippen molar-refractivity contribution in [2.24, 2.45) is 0 Å². The molecule has 0 saturated heterocycles. The van der Waals surface area contributed by atoms with E-state index in [2.05, 4.69) is 5.32 Å². The zero-order valence-electron chi connectivity index (χ0n) is 17.2. The first-order valence-corrected chi connectivity index (χ1v) is 10.5. The van der Waals surface area contributed by atoms with Crippen molar-refractivity contribution < 1.29 is 24.4 Å². The van der Waals surface area contributed by atoms with Gasteiger partial charge in [-0.05, 0) is 34.4 Å². The second-order valence-corrected chi connectivity index (χ2v) is 8.02. The molecule has 3 aromatic carbocycles. The summed E-state index contributed by atoms with van der Waals surface area (Å²) in [5.41, 5.74) is 3.84. The smallest absolute Gasteiger partial charge is 0.407 e. The predicted octanol–water partition coefficient (Wildman–Crippen LogP) is 5.30. The molecule has 0 radical (unpaired) electrons. The molecule has 0 bridgehead atoms. The van der Waals surface area contributed by atoms with E-state index >= 15 is 0 Å². The summed E-state index contributed by atoms with van der Waals surface area (Å²) in [6, 6.07) is 18.3. The molecule has 8 nitrogen and oxygen atoms in total. The molecule has 0 aliphatic heterocycles. The number of hydrogen-bond acceptors (Lipinski definition) is 5. The van der Waals surface area contributed by atoms with E-state index in [0.717, 1.165) is 22.3 Å². The van der Waals surface area contributed by atoms with Gasteiger partial charge in [-0.1, -0.05) is 60.1 Å². The van der Waals surface area contributed by atoms with Gasteiger partial charge in [-0.2, -0.15) is 0 Å². The summed E-state index contributed by atoms with van der Waals surface area (Å²) in [6.45, 7) is 0.0251. The van der Waals surface area contributed by atoms with E-state index in [1.807, 2.05) is 48.5 Å². The number of hydrogen-bond donors (Lipinski definition) is 2. The zero-order valence-corrected chi connectivity index (χ0v) is 18.0. The average Bonchev–Trinajstić information content (AvgIpc) is 3.10. The Morgan fingerprint density at radius 2 is 1.67 bits per heavy atom. The molecule has 4 rings (SSSR count). The summed E-state index contributed by atoms with van der Waals surface area (Å²) < 4.78 is 5.46. The van der Waals surface area contributed by atoms with Crippen LogP contribution in [0.5, 0.6) is 0 Å². The minimum atomic E-state index is -1.24. The fourth-order valence-electron chi connectivity index (χ4n) is 4.17. The number of nitro groups is 1. The van der Waals surface area contributed by atoms with E-state index in [1.165, 1.54) is 18.2 Å². The Balaban J connectivity index is 1.54. The number of carbonyl (C=O) groups excluding carboxylic acids is 1. The Morgan fingerprint density at radius 1 is 1.06 bits per heavy atom. The Hall–Kier alpha value is -3.91. The minimum absolute atomic E-state index is 0.0107. The minimum Gasteiger partial charge on any atom is -0.481 e. The van der Waals surface area contributed by atoms with Crippen LogP contribution in [0.15, 0.2) is 66.7 Å². The molecule has 33 heavy (non-hydrogen) atoms. The van der Waals surface area contributed by atoms with Crippen molar-refractivity contribution in [3.8, 4) is 11.1 Å². The number of fused-ring (bicyclic) bond motifs is 3. The first-order valence-electron chi connectivity index (χ1n) is 10.1. The fourth-order valence-corrected chi connectivity index (χ4v) is 4.35. The average molecular weight is 467 g/mol. The molecule has 168 valence electrons. The highest BCUT2D eigenvalue weighted by Gasteiger charge is 2.30. The normalized spacial score (nSPS) is 13.0. The van der Waals surface area contributed by atoms with E-state index in [4.69, 9.17) is 16.3 Å². The van der Waals surface area contributed by atoms with Crippen molar-refractivity contribution in [2.75, 3.05) is 6.61 Å².